The molecule has 4 rings (SSSR count). The normalized spacial score (nSPS) is 20.3. The van der Waals surface area contributed by atoms with E-state index in [1.165, 1.54) is 0 Å². The van der Waals surface area contributed by atoms with Crippen molar-refractivity contribution in [1.29, 1.82) is 0 Å². The minimum Gasteiger partial charge on any atom is -0.463 e. The van der Waals surface area contributed by atoms with Crippen LogP contribution in [0.1, 0.15) is 29.8 Å². The van der Waals surface area contributed by atoms with Crippen molar-refractivity contribution in [3.8, 4) is 6.01 Å². The average Bonchev–Trinajstić information content (AvgIpc) is 3.33. The first-order chi connectivity index (χ1) is 14.1. The summed E-state index contributed by atoms with van der Waals surface area (Å²) < 4.78 is 7.25. The minimum atomic E-state index is -0.0124. The highest BCUT2D eigenvalue weighted by atomic mass is 16.5. The number of hydrogen-bond donors (Lipinski definition) is 0. The van der Waals surface area contributed by atoms with Crippen LogP contribution >= 0.6 is 0 Å². The molecule has 1 atom stereocenters. The summed E-state index contributed by atoms with van der Waals surface area (Å²) in [6, 6.07) is 3.84. The summed E-state index contributed by atoms with van der Waals surface area (Å²) in [5, 5.41) is 4.20. The Bertz CT molecular complexity index is 847. The van der Waals surface area contributed by atoms with Gasteiger partial charge >= 0.3 is 6.01 Å². The van der Waals surface area contributed by atoms with E-state index in [1.54, 1.807) is 42.5 Å². The molecule has 0 aliphatic carbocycles. The number of aromatic nitrogens is 4. The summed E-state index contributed by atoms with van der Waals surface area (Å²) in [4.78, 5) is 36.8. The van der Waals surface area contributed by atoms with E-state index in [4.69, 9.17) is 4.74 Å². The van der Waals surface area contributed by atoms with Crippen molar-refractivity contribution < 1.29 is 14.3 Å². The molecule has 9 nitrogen and oxygen atoms in total. The van der Waals surface area contributed by atoms with Gasteiger partial charge in [0.25, 0.3) is 5.91 Å². The lowest BCUT2D eigenvalue weighted by Gasteiger charge is -2.33. The van der Waals surface area contributed by atoms with E-state index in [2.05, 4.69) is 15.1 Å². The van der Waals surface area contributed by atoms with E-state index < -0.39 is 0 Å². The molecular weight excluding hydrogens is 372 g/mol. The number of likely N-dealkylation sites (tertiary alicyclic amines) is 2. The summed E-state index contributed by atoms with van der Waals surface area (Å²) in [7, 11) is 1.81. The lowest BCUT2D eigenvalue weighted by Crippen LogP contribution is -2.42. The Morgan fingerprint density at radius 1 is 1.21 bits per heavy atom. The molecule has 2 aliphatic rings. The predicted molar refractivity (Wildman–Crippen MR) is 104 cm³/mol. The second-order valence-electron chi connectivity index (χ2n) is 7.82. The van der Waals surface area contributed by atoms with Gasteiger partial charge in [-0.25, -0.2) is 9.97 Å². The van der Waals surface area contributed by atoms with Gasteiger partial charge in [0.15, 0.2) is 0 Å². The van der Waals surface area contributed by atoms with Crippen molar-refractivity contribution in [2.24, 2.45) is 18.9 Å². The third kappa shape index (κ3) is 4.72. The molecule has 1 unspecified atom stereocenters. The van der Waals surface area contributed by atoms with E-state index in [0.717, 1.165) is 19.4 Å². The van der Waals surface area contributed by atoms with Crippen LogP contribution in [0.2, 0.25) is 0 Å². The molecular formula is C20H26N6O3. The molecule has 0 radical (unpaired) electrons. The first-order valence-electron chi connectivity index (χ1n) is 10.0. The van der Waals surface area contributed by atoms with Gasteiger partial charge in [-0.1, -0.05) is 0 Å². The van der Waals surface area contributed by atoms with Crippen molar-refractivity contribution >= 4 is 11.8 Å². The molecule has 29 heavy (non-hydrogen) atoms. The topological polar surface area (TPSA) is 93.5 Å². The Hall–Kier alpha value is -2.97. The standard InChI is InChI=1S/C20H26N6O3/c1-24-8-5-17(23-24)19(28)25-9-3-15(4-10-25)12-26-13-16(11-18(26)27)14-29-20-21-6-2-7-22-20/h2,5-8,15-16H,3-4,9-14H2,1H3. The van der Waals surface area contributed by atoms with Crippen LogP contribution in [0.25, 0.3) is 0 Å². The molecule has 154 valence electrons. The van der Waals surface area contributed by atoms with Crippen molar-refractivity contribution in [3.05, 3.63) is 36.4 Å². The van der Waals surface area contributed by atoms with Gasteiger partial charge in [-0.15, -0.1) is 0 Å². The Morgan fingerprint density at radius 2 is 1.97 bits per heavy atom. The molecule has 2 saturated heterocycles. The van der Waals surface area contributed by atoms with Gasteiger partial charge in [0.1, 0.15) is 5.69 Å². The maximum absolute atomic E-state index is 12.5. The second-order valence-corrected chi connectivity index (χ2v) is 7.82. The first-order valence-corrected chi connectivity index (χ1v) is 10.0. The highest BCUT2D eigenvalue weighted by molar-refractivity contribution is 5.92. The van der Waals surface area contributed by atoms with Crippen LogP contribution < -0.4 is 4.74 Å². The van der Waals surface area contributed by atoms with Crippen LogP contribution in [0.5, 0.6) is 6.01 Å². The maximum Gasteiger partial charge on any atom is 0.316 e. The molecule has 4 heterocycles. The van der Waals surface area contributed by atoms with Gasteiger partial charge in [0, 0.05) is 64.2 Å². The fourth-order valence-electron chi connectivity index (χ4n) is 4.02. The third-order valence-electron chi connectivity index (χ3n) is 5.60. The van der Waals surface area contributed by atoms with E-state index in [0.29, 0.717) is 50.3 Å². The van der Waals surface area contributed by atoms with Crippen molar-refractivity contribution in [1.82, 2.24) is 29.5 Å². The van der Waals surface area contributed by atoms with E-state index >= 15 is 0 Å². The highest BCUT2D eigenvalue weighted by Gasteiger charge is 2.33. The molecule has 0 spiro atoms. The quantitative estimate of drug-likeness (QED) is 0.720. The van der Waals surface area contributed by atoms with Gasteiger partial charge in [-0.2, -0.15) is 5.10 Å². The molecule has 2 aromatic heterocycles. The Kier molecular flexibility index (Phi) is 5.73. The number of hydrogen-bond acceptors (Lipinski definition) is 6. The summed E-state index contributed by atoms with van der Waals surface area (Å²) in [5.41, 5.74) is 0.492. The zero-order chi connectivity index (χ0) is 20.2. The van der Waals surface area contributed by atoms with Crippen LogP contribution in [-0.4, -0.2) is 74.1 Å². The van der Waals surface area contributed by atoms with Gasteiger partial charge in [0.2, 0.25) is 5.91 Å². The maximum atomic E-state index is 12.5. The van der Waals surface area contributed by atoms with Crippen molar-refractivity contribution in [2.45, 2.75) is 19.3 Å². The minimum absolute atomic E-state index is 0.0124. The average molecular weight is 398 g/mol. The fraction of sp³-hybridized carbons (Fsp3) is 0.550. The van der Waals surface area contributed by atoms with Gasteiger partial charge < -0.3 is 14.5 Å². The molecule has 0 N–H and O–H groups in total. The van der Waals surface area contributed by atoms with E-state index in [9.17, 15) is 9.59 Å². The SMILES string of the molecule is Cn1ccc(C(=O)N2CCC(CN3CC(COc4ncccn4)CC3=O)CC2)n1. The van der Waals surface area contributed by atoms with Crippen LogP contribution in [0.4, 0.5) is 0 Å². The molecule has 2 fully saturated rings. The molecule has 0 aromatic carbocycles. The molecule has 2 aliphatic heterocycles. The smallest absolute Gasteiger partial charge is 0.316 e. The van der Waals surface area contributed by atoms with E-state index in [-0.39, 0.29) is 17.7 Å². The third-order valence-corrected chi connectivity index (χ3v) is 5.60. The molecule has 9 heteroatoms. The number of amides is 2. The van der Waals surface area contributed by atoms with Crippen LogP contribution in [0.15, 0.2) is 30.7 Å². The van der Waals surface area contributed by atoms with Crippen LogP contribution in [0, 0.1) is 11.8 Å². The number of ether oxygens (including phenoxy) is 1. The highest BCUT2D eigenvalue weighted by Crippen LogP contribution is 2.24. The number of nitrogens with zero attached hydrogens (tertiary/aromatic N) is 6. The molecule has 0 bridgehead atoms. The zero-order valence-electron chi connectivity index (χ0n) is 16.6. The lowest BCUT2D eigenvalue weighted by atomic mass is 9.96. The second kappa shape index (κ2) is 8.59. The van der Waals surface area contributed by atoms with Gasteiger partial charge in [0.05, 0.1) is 6.61 Å². The summed E-state index contributed by atoms with van der Waals surface area (Å²) >= 11 is 0. The largest absolute Gasteiger partial charge is 0.463 e. The number of aryl methyl sites for hydroxylation is 1. The molecule has 0 saturated carbocycles. The van der Waals surface area contributed by atoms with Crippen LogP contribution in [-0.2, 0) is 11.8 Å². The monoisotopic (exact) mass is 398 g/mol. The van der Waals surface area contributed by atoms with Crippen molar-refractivity contribution in [3.63, 3.8) is 0 Å². The lowest BCUT2D eigenvalue weighted by molar-refractivity contribution is -0.128. The van der Waals surface area contributed by atoms with E-state index in [1.807, 2.05) is 9.80 Å². The summed E-state index contributed by atoms with van der Waals surface area (Å²) in [6.07, 6.45) is 7.37. The Balaban J connectivity index is 1.22. The summed E-state index contributed by atoms with van der Waals surface area (Å²) in [6.45, 7) is 3.32. The van der Waals surface area contributed by atoms with Crippen LogP contribution in [0.3, 0.4) is 0 Å². The number of piperidine rings is 1. The predicted octanol–water partition coefficient (Wildman–Crippen LogP) is 0.990. The van der Waals surface area contributed by atoms with Gasteiger partial charge in [-0.05, 0) is 30.9 Å². The van der Waals surface area contributed by atoms with Gasteiger partial charge in [-0.3, -0.25) is 14.3 Å². The summed E-state index contributed by atoms with van der Waals surface area (Å²) in [5.74, 6) is 0.752. The van der Waals surface area contributed by atoms with Crippen molar-refractivity contribution in [2.75, 3.05) is 32.8 Å². The molecule has 2 aromatic rings. The molecule has 2 amide bonds. The number of rotatable bonds is 6. The number of carbonyl (C=O) groups is 2. The Labute approximate surface area is 169 Å². The first kappa shape index (κ1) is 19.4. The zero-order valence-corrected chi connectivity index (χ0v) is 16.6. The number of carbonyl (C=O) groups excluding carboxylic acids is 2. The Morgan fingerprint density at radius 3 is 2.66 bits per heavy atom. The fourth-order valence-corrected chi connectivity index (χ4v) is 4.02.